The van der Waals surface area contributed by atoms with Gasteiger partial charge in [-0.3, -0.25) is 4.79 Å². The van der Waals surface area contributed by atoms with E-state index in [4.69, 9.17) is 4.74 Å². The van der Waals surface area contributed by atoms with Crippen LogP contribution in [-0.2, 0) is 19.6 Å². The molecule has 0 heterocycles. The molecule has 0 amide bonds. The first-order chi connectivity index (χ1) is 8.92. The van der Waals surface area contributed by atoms with Crippen molar-refractivity contribution >= 4 is 21.7 Å². The Morgan fingerprint density at radius 1 is 1.37 bits per heavy atom. The van der Waals surface area contributed by atoms with Crippen LogP contribution < -0.4 is 9.62 Å². The number of anilines is 1. The number of likely N-dealkylation sites (N-methyl/N-ethyl adjacent to an activating group) is 1. The van der Waals surface area contributed by atoms with Crippen molar-refractivity contribution in [1.29, 1.82) is 0 Å². The lowest BCUT2D eigenvalue weighted by atomic mass is 10.3. The van der Waals surface area contributed by atoms with Crippen molar-refractivity contribution in [2.45, 2.75) is 11.8 Å². The van der Waals surface area contributed by atoms with Crippen molar-refractivity contribution in [2.75, 3.05) is 32.1 Å². The zero-order valence-corrected chi connectivity index (χ0v) is 12.0. The molecule has 1 rings (SSSR count). The summed E-state index contributed by atoms with van der Waals surface area (Å²) in [5, 5.41) is 0. The Kier molecular flexibility index (Phi) is 5.31. The molecule has 0 aliphatic heterocycles. The molecule has 0 saturated carbocycles. The van der Waals surface area contributed by atoms with Crippen molar-refractivity contribution in [3.05, 3.63) is 24.3 Å². The summed E-state index contributed by atoms with van der Waals surface area (Å²) in [5.41, 5.74) is 0.449. The van der Waals surface area contributed by atoms with Crippen LogP contribution in [-0.4, -0.2) is 41.6 Å². The van der Waals surface area contributed by atoms with Gasteiger partial charge in [0.1, 0.15) is 11.4 Å². The van der Waals surface area contributed by atoms with E-state index < -0.39 is 16.0 Å². The molecule has 1 aromatic carbocycles. The predicted molar refractivity (Wildman–Crippen MR) is 72.6 cm³/mol. The zero-order chi connectivity index (χ0) is 14.5. The van der Waals surface area contributed by atoms with E-state index in [2.05, 4.69) is 4.72 Å². The van der Waals surface area contributed by atoms with E-state index in [0.29, 0.717) is 12.3 Å². The van der Waals surface area contributed by atoms with E-state index in [0.717, 1.165) is 0 Å². The van der Waals surface area contributed by atoms with Gasteiger partial charge in [0, 0.05) is 7.05 Å². The second kappa shape index (κ2) is 6.53. The summed E-state index contributed by atoms with van der Waals surface area (Å²) in [4.78, 5) is 13.1. The predicted octanol–water partition coefficient (Wildman–Crippen LogP) is 0.594. The van der Waals surface area contributed by atoms with Crippen LogP contribution in [0, 0.1) is 0 Å². The molecule has 0 aliphatic rings. The molecule has 0 aromatic heterocycles. The monoisotopic (exact) mass is 286 g/mol. The molecular formula is C12H18N2O4S. The van der Waals surface area contributed by atoms with Gasteiger partial charge in [0.25, 0.3) is 0 Å². The van der Waals surface area contributed by atoms with Gasteiger partial charge in [0.05, 0.1) is 12.3 Å². The molecule has 0 aliphatic carbocycles. The van der Waals surface area contributed by atoms with E-state index in [1.54, 1.807) is 37.1 Å². The molecule has 0 bridgehead atoms. The first-order valence-corrected chi connectivity index (χ1v) is 7.30. The molecule has 19 heavy (non-hydrogen) atoms. The van der Waals surface area contributed by atoms with Gasteiger partial charge in [-0.1, -0.05) is 12.1 Å². The number of hydrogen-bond acceptors (Lipinski definition) is 5. The topological polar surface area (TPSA) is 75.7 Å². The highest BCUT2D eigenvalue weighted by atomic mass is 32.2. The van der Waals surface area contributed by atoms with Gasteiger partial charge < -0.3 is 9.64 Å². The minimum atomic E-state index is -3.57. The average Bonchev–Trinajstić information content (AvgIpc) is 2.39. The maximum absolute atomic E-state index is 11.9. The molecule has 1 N–H and O–H groups in total. The normalized spacial score (nSPS) is 11.1. The van der Waals surface area contributed by atoms with Crippen molar-refractivity contribution in [3.8, 4) is 0 Å². The maximum Gasteiger partial charge on any atom is 0.325 e. The minimum absolute atomic E-state index is 0.00983. The van der Waals surface area contributed by atoms with Crippen LogP contribution in [0.1, 0.15) is 6.92 Å². The molecule has 106 valence electrons. The van der Waals surface area contributed by atoms with Crippen LogP contribution in [0.5, 0.6) is 0 Å². The van der Waals surface area contributed by atoms with Crippen molar-refractivity contribution in [1.82, 2.24) is 4.72 Å². The Morgan fingerprint density at radius 3 is 2.58 bits per heavy atom. The van der Waals surface area contributed by atoms with Gasteiger partial charge in [-0.05, 0) is 26.1 Å². The number of carbonyl (C=O) groups is 1. The van der Waals surface area contributed by atoms with Gasteiger partial charge in [-0.25, -0.2) is 13.1 Å². The van der Waals surface area contributed by atoms with E-state index >= 15 is 0 Å². The first-order valence-electron chi connectivity index (χ1n) is 5.81. The number of carbonyl (C=O) groups excluding carboxylic acids is 1. The van der Waals surface area contributed by atoms with Crippen LogP contribution in [0.4, 0.5) is 5.69 Å². The quantitative estimate of drug-likeness (QED) is 0.775. The number of ether oxygens (including phenoxy) is 1. The largest absolute Gasteiger partial charge is 0.465 e. The van der Waals surface area contributed by atoms with E-state index in [9.17, 15) is 13.2 Å². The molecule has 0 unspecified atom stereocenters. The minimum Gasteiger partial charge on any atom is -0.465 e. The Balaban J connectivity index is 3.04. The smallest absolute Gasteiger partial charge is 0.325 e. The highest BCUT2D eigenvalue weighted by Gasteiger charge is 2.19. The fraction of sp³-hybridized carbons (Fsp3) is 0.417. The molecule has 0 fully saturated rings. The number of hydrogen-bond donors (Lipinski definition) is 1. The van der Waals surface area contributed by atoms with Crippen LogP contribution in [0.2, 0.25) is 0 Å². The van der Waals surface area contributed by atoms with Gasteiger partial charge in [-0.15, -0.1) is 0 Å². The van der Waals surface area contributed by atoms with Crippen molar-refractivity contribution in [3.63, 3.8) is 0 Å². The summed E-state index contributed by atoms with van der Waals surface area (Å²) >= 11 is 0. The highest BCUT2D eigenvalue weighted by Crippen LogP contribution is 2.23. The second-order valence-electron chi connectivity index (χ2n) is 3.84. The third-order valence-electron chi connectivity index (χ3n) is 2.51. The molecule has 0 radical (unpaired) electrons. The maximum atomic E-state index is 11.9. The average molecular weight is 286 g/mol. The number of esters is 1. The SMILES string of the molecule is CCOC(=O)CN(C)c1ccccc1S(=O)(=O)NC. The summed E-state index contributed by atoms with van der Waals surface area (Å²) in [6, 6.07) is 6.48. The van der Waals surface area contributed by atoms with Crippen LogP contribution in [0.25, 0.3) is 0 Å². The zero-order valence-electron chi connectivity index (χ0n) is 11.2. The number of nitrogens with zero attached hydrogens (tertiary/aromatic N) is 1. The highest BCUT2D eigenvalue weighted by molar-refractivity contribution is 7.89. The Hall–Kier alpha value is -1.60. The lowest BCUT2D eigenvalue weighted by molar-refractivity contribution is -0.141. The summed E-state index contributed by atoms with van der Waals surface area (Å²) in [5.74, 6) is -0.401. The van der Waals surface area contributed by atoms with Crippen LogP contribution >= 0.6 is 0 Å². The van der Waals surface area contributed by atoms with E-state index in [-0.39, 0.29) is 11.4 Å². The second-order valence-corrected chi connectivity index (χ2v) is 5.69. The molecule has 0 saturated heterocycles. The van der Waals surface area contributed by atoms with E-state index in [1.807, 2.05) is 0 Å². The number of sulfonamides is 1. The van der Waals surface area contributed by atoms with Crippen molar-refractivity contribution in [2.24, 2.45) is 0 Å². The number of rotatable bonds is 6. The molecule has 0 spiro atoms. The standard InChI is InChI=1S/C12H18N2O4S/c1-4-18-12(15)9-14(3)10-7-5-6-8-11(10)19(16,17)13-2/h5-8,13H,4,9H2,1-3H3. The fourth-order valence-electron chi connectivity index (χ4n) is 1.60. The first kappa shape index (κ1) is 15.5. The third-order valence-corrected chi connectivity index (χ3v) is 3.97. The Morgan fingerprint density at radius 2 is 2.00 bits per heavy atom. The molecular weight excluding hydrogens is 268 g/mol. The fourth-order valence-corrected chi connectivity index (χ4v) is 2.57. The molecule has 6 nitrogen and oxygen atoms in total. The van der Waals surface area contributed by atoms with Crippen molar-refractivity contribution < 1.29 is 17.9 Å². The van der Waals surface area contributed by atoms with Gasteiger partial charge in [-0.2, -0.15) is 0 Å². The number of para-hydroxylation sites is 1. The van der Waals surface area contributed by atoms with E-state index in [1.165, 1.54) is 13.1 Å². The Bertz CT molecular complexity index is 542. The summed E-state index contributed by atoms with van der Waals surface area (Å²) in [6.45, 7) is 2.00. The summed E-state index contributed by atoms with van der Waals surface area (Å²) < 4.78 is 30.9. The number of nitrogens with one attached hydrogen (secondary N) is 1. The lowest BCUT2D eigenvalue weighted by Crippen LogP contribution is -2.29. The summed E-state index contributed by atoms with van der Waals surface area (Å²) in [6.07, 6.45) is 0. The summed E-state index contributed by atoms with van der Waals surface area (Å²) in [7, 11) is -0.581. The molecule has 1 aromatic rings. The molecule has 7 heteroatoms. The Labute approximate surface area is 113 Å². The van der Waals surface area contributed by atoms with Crippen LogP contribution in [0.3, 0.4) is 0 Å². The van der Waals surface area contributed by atoms with Crippen LogP contribution in [0.15, 0.2) is 29.2 Å². The number of benzene rings is 1. The van der Waals surface area contributed by atoms with Gasteiger partial charge in [0.15, 0.2) is 0 Å². The third kappa shape index (κ3) is 3.93. The van der Waals surface area contributed by atoms with Gasteiger partial charge in [0.2, 0.25) is 10.0 Å². The lowest BCUT2D eigenvalue weighted by Gasteiger charge is -2.21. The molecule has 0 atom stereocenters. The van der Waals surface area contributed by atoms with Gasteiger partial charge >= 0.3 is 5.97 Å².